The van der Waals surface area contributed by atoms with Gasteiger partial charge in [0.25, 0.3) is 0 Å². The van der Waals surface area contributed by atoms with Crippen LogP contribution in [0, 0.1) is 0 Å². The van der Waals surface area contributed by atoms with Crippen molar-refractivity contribution >= 4 is 41.5 Å². The quantitative estimate of drug-likeness (QED) is 0.217. The van der Waals surface area contributed by atoms with E-state index in [-0.39, 0.29) is 29.9 Å². The van der Waals surface area contributed by atoms with Gasteiger partial charge < -0.3 is 25.2 Å². The summed E-state index contributed by atoms with van der Waals surface area (Å²) in [7, 11) is 1.76. The molecule has 31 heavy (non-hydrogen) atoms. The molecule has 0 radical (unpaired) electrons. The van der Waals surface area contributed by atoms with E-state index in [1.165, 1.54) is 5.56 Å². The maximum Gasteiger partial charge on any atom is 0.227 e. The highest BCUT2D eigenvalue weighted by molar-refractivity contribution is 14.0. The van der Waals surface area contributed by atoms with Crippen molar-refractivity contribution in [3.05, 3.63) is 29.8 Å². The SMILES string of the molecule is CCNC(=NCCCC(=O)N1CCc2ccccc21)NC1CCN(CCOC)CC1.I. The van der Waals surface area contributed by atoms with E-state index in [1.807, 2.05) is 23.1 Å². The van der Waals surface area contributed by atoms with E-state index in [0.717, 1.165) is 76.7 Å². The molecule has 0 bridgehead atoms. The molecule has 0 aromatic heterocycles. The molecule has 0 spiro atoms. The predicted octanol–water partition coefficient (Wildman–Crippen LogP) is 2.64. The summed E-state index contributed by atoms with van der Waals surface area (Å²) in [6, 6.07) is 8.66. The van der Waals surface area contributed by atoms with E-state index in [9.17, 15) is 4.79 Å². The monoisotopic (exact) mass is 543 g/mol. The molecule has 174 valence electrons. The molecule has 2 aliphatic heterocycles. The fourth-order valence-corrected chi connectivity index (χ4v) is 4.19. The van der Waals surface area contributed by atoms with Gasteiger partial charge in [0, 0.05) is 64.5 Å². The fraction of sp³-hybridized carbons (Fsp3) is 0.652. The van der Waals surface area contributed by atoms with Crippen molar-refractivity contribution in [2.24, 2.45) is 4.99 Å². The molecular weight excluding hydrogens is 505 g/mol. The number of ether oxygens (including phenoxy) is 1. The maximum atomic E-state index is 12.6. The first-order valence-corrected chi connectivity index (χ1v) is 11.4. The van der Waals surface area contributed by atoms with Crippen LogP contribution in [0.3, 0.4) is 0 Å². The highest BCUT2D eigenvalue weighted by atomic mass is 127. The molecule has 1 amide bonds. The van der Waals surface area contributed by atoms with Gasteiger partial charge in [0.15, 0.2) is 5.96 Å². The van der Waals surface area contributed by atoms with Crippen molar-refractivity contribution in [1.29, 1.82) is 0 Å². The second-order valence-electron chi connectivity index (χ2n) is 8.04. The molecule has 8 heteroatoms. The Balaban J connectivity index is 0.00000341. The van der Waals surface area contributed by atoms with Gasteiger partial charge in [0.1, 0.15) is 0 Å². The summed E-state index contributed by atoms with van der Waals surface area (Å²) in [6.07, 6.45) is 4.49. The molecule has 0 unspecified atom stereocenters. The second kappa shape index (κ2) is 13.9. The molecule has 7 nitrogen and oxygen atoms in total. The minimum Gasteiger partial charge on any atom is -0.383 e. The van der Waals surface area contributed by atoms with Crippen LogP contribution in [-0.4, -0.2) is 75.8 Å². The van der Waals surface area contributed by atoms with E-state index in [2.05, 4.69) is 28.5 Å². The van der Waals surface area contributed by atoms with Crippen molar-refractivity contribution in [3.8, 4) is 0 Å². The Kier molecular flexibility index (Phi) is 11.6. The number of aliphatic imine (C=N–C) groups is 1. The van der Waals surface area contributed by atoms with Crippen molar-refractivity contribution in [1.82, 2.24) is 15.5 Å². The van der Waals surface area contributed by atoms with Crippen molar-refractivity contribution < 1.29 is 9.53 Å². The number of hydrogen-bond acceptors (Lipinski definition) is 4. The summed E-state index contributed by atoms with van der Waals surface area (Å²) in [5.74, 6) is 1.07. The predicted molar refractivity (Wildman–Crippen MR) is 138 cm³/mol. The number of amides is 1. The van der Waals surface area contributed by atoms with E-state index in [4.69, 9.17) is 9.73 Å². The summed E-state index contributed by atoms with van der Waals surface area (Å²) in [5.41, 5.74) is 2.36. The number of likely N-dealkylation sites (tertiary alicyclic amines) is 1. The van der Waals surface area contributed by atoms with Gasteiger partial charge in [-0.3, -0.25) is 9.79 Å². The molecule has 0 atom stereocenters. The van der Waals surface area contributed by atoms with Gasteiger partial charge in [-0.05, 0) is 44.2 Å². The first-order valence-electron chi connectivity index (χ1n) is 11.4. The zero-order valence-electron chi connectivity index (χ0n) is 18.9. The van der Waals surface area contributed by atoms with E-state index in [0.29, 0.717) is 19.0 Å². The number of nitrogens with zero attached hydrogens (tertiary/aromatic N) is 3. The Morgan fingerprint density at radius 3 is 2.74 bits per heavy atom. The summed E-state index contributed by atoms with van der Waals surface area (Å²) in [5, 5.41) is 6.92. The number of hydrogen-bond donors (Lipinski definition) is 2. The molecule has 1 fully saturated rings. The van der Waals surface area contributed by atoms with Crippen LogP contribution in [0.15, 0.2) is 29.3 Å². The summed E-state index contributed by atoms with van der Waals surface area (Å²) >= 11 is 0. The first kappa shape index (κ1) is 25.9. The second-order valence-corrected chi connectivity index (χ2v) is 8.04. The highest BCUT2D eigenvalue weighted by Crippen LogP contribution is 2.28. The topological polar surface area (TPSA) is 69.2 Å². The lowest BCUT2D eigenvalue weighted by molar-refractivity contribution is -0.118. The number of guanidine groups is 1. The van der Waals surface area contributed by atoms with Crippen molar-refractivity contribution in [2.45, 2.75) is 45.1 Å². The van der Waals surface area contributed by atoms with E-state index < -0.39 is 0 Å². The van der Waals surface area contributed by atoms with Crippen LogP contribution >= 0.6 is 24.0 Å². The number of carbonyl (C=O) groups excluding carboxylic acids is 1. The van der Waals surface area contributed by atoms with Crippen LogP contribution in [0.25, 0.3) is 0 Å². The molecule has 0 aliphatic carbocycles. The van der Waals surface area contributed by atoms with Gasteiger partial charge >= 0.3 is 0 Å². The average molecular weight is 543 g/mol. The van der Waals surface area contributed by atoms with Gasteiger partial charge in [-0.1, -0.05) is 18.2 Å². The molecule has 2 N–H and O–H groups in total. The number of benzene rings is 1. The van der Waals surface area contributed by atoms with Gasteiger partial charge in [0.05, 0.1) is 6.61 Å². The van der Waals surface area contributed by atoms with Crippen molar-refractivity contribution in [2.75, 3.05) is 57.9 Å². The Hall–Kier alpha value is -1.39. The van der Waals surface area contributed by atoms with Crippen LogP contribution in [-0.2, 0) is 16.0 Å². The lowest BCUT2D eigenvalue weighted by Gasteiger charge is -2.32. The summed E-state index contributed by atoms with van der Waals surface area (Å²) in [6.45, 7) is 8.36. The minimum atomic E-state index is 0. The number of rotatable bonds is 9. The van der Waals surface area contributed by atoms with Crippen molar-refractivity contribution in [3.63, 3.8) is 0 Å². The van der Waals surface area contributed by atoms with Gasteiger partial charge in [-0.25, -0.2) is 0 Å². The minimum absolute atomic E-state index is 0. The van der Waals surface area contributed by atoms with Crippen LogP contribution in [0.2, 0.25) is 0 Å². The number of piperidine rings is 1. The maximum absolute atomic E-state index is 12.6. The molecule has 1 aromatic rings. The molecule has 3 rings (SSSR count). The molecule has 1 saturated heterocycles. The third kappa shape index (κ3) is 7.91. The lowest BCUT2D eigenvalue weighted by atomic mass is 10.1. The van der Waals surface area contributed by atoms with E-state index in [1.54, 1.807) is 7.11 Å². The van der Waals surface area contributed by atoms with Crippen LogP contribution in [0.5, 0.6) is 0 Å². The molecular formula is C23H38IN5O2. The van der Waals surface area contributed by atoms with Crippen LogP contribution in [0.1, 0.15) is 38.2 Å². The highest BCUT2D eigenvalue weighted by Gasteiger charge is 2.23. The molecule has 2 aliphatic rings. The number of methoxy groups -OCH3 is 1. The molecule has 1 aromatic carbocycles. The Morgan fingerprint density at radius 2 is 2.00 bits per heavy atom. The van der Waals surface area contributed by atoms with Crippen LogP contribution in [0.4, 0.5) is 5.69 Å². The third-order valence-corrected chi connectivity index (χ3v) is 5.89. The standard InChI is InChI=1S/C23H37N5O2.HI/c1-3-24-23(26-20-11-14-27(15-12-20)17-18-30-2)25-13-6-9-22(29)28-16-10-19-7-4-5-8-21(19)28;/h4-5,7-8,20H,3,6,9-18H2,1-2H3,(H2,24,25,26);1H. The fourth-order valence-electron chi connectivity index (χ4n) is 4.19. The van der Waals surface area contributed by atoms with Gasteiger partial charge in [0.2, 0.25) is 5.91 Å². The Bertz CT molecular complexity index is 707. The largest absolute Gasteiger partial charge is 0.383 e. The third-order valence-electron chi connectivity index (χ3n) is 5.89. The Morgan fingerprint density at radius 1 is 1.23 bits per heavy atom. The summed E-state index contributed by atoms with van der Waals surface area (Å²) in [4.78, 5) is 21.7. The van der Waals surface area contributed by atoms with Gasteiger partial charge in [-0.2, -0.15) is 0 Å². The number of carbonyl (C=O) groups is 1. The zero-order chi connectivity index (χ0) is 21.2. The number of anilines is 1. The average Bonchev–Trinajstić information content (AvgIpc) is 3.20. The first-order chi connectivity index (χ1) is 14.7. The molecule has 2 heterocycles. The number of halogens is 1. The van der Waals surface area contributed by atoms with E-state index >= 15 is 0 Å². The normalized spacial score (nSPS) is 17.2. The molecule has 0 saturated carbocycles. The summed E-state index contributed by atoms with van der Waals surface area (Å²) < 4.78 is 5.18. The number of fused-ring (bicyclic) bond motifs is 1. The van der Waals surface area contributed by atoms with Gasteiger partial charge in [-0.15, -0.1) is 24.0 Å². The lowest BCUT2D eigenvalue weighted by Crippen LogP contribution is -2.49. The Labute approximate surface area is 204 Å². The smallest absolute Gasteiger partial charge is 0.227 e. The number of nitrogens with one attached hydrogen (secondary N) is 2. The zero-order valence-corrected chi connectivity index (χ0v) is 21.3. The number of para-hydroxylation sites is 1. The van der Waals surface area contributed by atoms with Crippen LogP contribution < -0.4 is 15.5 Å².